The van der Waals surface area contributed by atoms with Gasteiger partial charge in [-0.2, -0.15) is 0 Å². The third-order valence-corrected chi connectivity index (χ3v) is 6.53. The number of ether oxygens (including phenoxy) is 2. The van der Waals surface area contributed by atoms with Gasteiger partial charge in [-0.1, -0.05) is 24.3 Å². The largest absolute Gasteiger partial charge is 0.573 e. The topological polar surface area (TPSA) is 126 Å². The van der Waals surface area contributed by atoms with E-state index in [9.17, 15) is 23.1 Å². The van der Waals surface area contributed by atoms with E-state index in [1.807, 2.05) is 37.3 Å². The number of benzene rings is 3. The van der Waals surface area contributed by atoms with Crippen LogP contribution in [0.15, 0.2) is 78.0 Å². The van der Waals surface area contributed by atoms with Crippen LogP contribution in [0.2, 0.25) is 0 Å². The number of amides is 1. The van der Waals surface area contributed by atoms with Crippen LogP contribution in [0.5, 0.6) is 11.5 Å². The Hall–Kier alpha value is -4.95. The van der Waals surface area contributed by atoms with Gasteiger partial charge in [0.15, 0.2) is 5.82 Å². The number of aromatic nitrogens is 3. The molecule has 1 aliphatic heterocycles. The zero-order chi connectivity index (χ0) is 30.6. The summed E-state index contributed by atoms with van der Waals surface area (Å²) >= 11 is 0. The smallest absolute Gasteiger partial charge is 0.497 e. The van der Waals surface area contributed by atoms with E-state index in [0.29, 0.717) is 35.9 Å². The average molecular weight is 596 g/mol. The summed E-state index contributed by atoms with van der Waals surface area (Å²) in [6, 6.07) is 18.2. The van der Waals surface area contributed by atoms with E-state index in [0.717, 1.165) is 16.7 Å². The number of aliphatic hydroxyl groups excluding tert-OH is 1. The molecule has 0 saturated carbocycles. The molecule has 0 radical (unpaired) electrons. The van der Waals surface area contributed by atoms with Crippen LogP contribution in [0.25, 0.3) is 17.1 Å². The van der Waals surface area contributed by atoms with Crippen molar-refractivity contribution in [2.75, 3.05) is 25.1 Å². The van der Waals surface area contributed by atoms with Crippen molar-refractivity contribution in [3.05, 3.63) is 84.2 Å². The van der Waals surface area contributed by atoms with Gasteiger partial charge in [-0.25, -0.2) is 19.6 Å². The number of carbonyl (C=O) groups excluding carboxylic acids is 1. The molecular weight excluding hydrogens is 567 g/mol. The molecule has 4 aromatic rings. The van der Waals surface area contributed by atoms with Gasteiger partial charge in [0.2, 0.25) is 12.3 Å². The number of halogens is 3. The van der Waals surface area contributed by atoms with Crippen LogP contribution in [-0.2, 0) is 11.2 Å². The van der Waals surface area contributed by atoms with Gasteiger partial charge in [0.25, 0.3) is 5.91 Å². The first kappa shape index (κ1) is 29.5. The first-order chi connectivity index (χ1) is 20.6. The van der Waals surface area contributed by atoms with Crippen LogP contribution in [0.1, 0.15) is 11.1 Å². The van der Waals surface area contributed by atoms with Crippen LogP contribution in [0.3, 0.4) is 0 Å². The highest BCUT2D eigenvalue weighted by Crippen LogP contribution is 2.27. The van der Waals surface area contributed by atoms with E-state index in [1.165, 1.54) is 40.2 Å². The number of aryl methyl sites for hydroxylation is 1. The van der Waals surface area contributed by atoms with Gasteiger partial charge < -0.3 is 19.9 Å². The fourth-order valence-corrected chi connectivity index (χ4v) is 4.44. The quantitative estimate of drug-likeness (QED) is 0.238. The zero-order valence-electron chi connectivity index (χ0n) is 23.2. The number of aliphatic hydroxyl groups is 1. The molecule has 3 aromatic carbocycles. The minimum Gasteiger partial charge on any atom is -0.497 e. The molecule has 2 heterocycles. The van der Waals surface area contributed by atoms with Crippen molar-refractivity contribution in [2.24, 2.45) is 4.99 Å². The van der Waals surface area contributed by atoms with Gasteiger partial charge in [-0.3, -0.25) is 10.1 Å². The second-order valence-corrected chi connectivity index (χ2v) is 9.52. The van der Waals surface area contributed by atoms with Crippen molar-refractivity contribution in [3.63, 3.8) is 0 Å². The lowest BCUT2D eigenvalue weighted by atomic mass is 10.1. The summed E-state index contributed by atoms with van der Waals surface area (Å²) < 4.78 is 47.7. The Labute approximate surface area is 244 Å². The van der Waals surface area contributed by atoms with Crippen LogP contribution < -0.4 is 25.0 Å². The standard InChI is InChI=1S/C29H28F3N7O4/c1-18-15-23(42-2)11-12-24(18)39-25(40)16-34-27(39)36-28(41)33-14-13-19-3-5-20(6-4-19)26-35-17-38(37-26)21-7-9-22(10-8-21)43-29(30,31)32/h3-12,15,17,28,33,41H,13-14,16H2,1-2H3,(H,34,36). The number of methoxy groups -OCH3 is 1. The molecule has 3 N–H and O–H groups in total. The third kappa shape index (κ3) is 7.28. The summed E-state index contributed by atoms with van der Waals surface area (Å²) in [6.07, 6.45) is -3.94. The zero-order valence-corrected chi connectivity index (χ0v) is 23.2. The van der Waals surface area contributed by atoms with Gasteiger partial charge in [0, 0.05) is 12.1 Å². The molecule has 0 aliphatic carbocycles. The van der Waals surface area contributed by atoms with Crippen molar-refractivity contribution < 1.29 is 32.5 Å². The number of hydrogen-bond acceptors (Lipinski definition) is 8. The molecule has 0 bridgehead atoms. The number of hydrogen-bond donors (Lipinski definition) is 3. The van der Waals surface area contributed by atoms with E-state index < -0.39 is 12.7 Å². The number of carbonyl (C=O) groups is 1. The number of guanidine groups is 1. The fourth-order valence-electron chi connectivity index (χ4n) is 4.44. The molecule has 1 aromatic heterocycles. The number of alkyl halides is 3. The lowest BCUT2D eigenvalue weighted by Gasteiger charge is -2.20. The Morgan fingerprint density at radius 1 is 1.09 bits per heavy atom. The summed E-state index contributed by atoms with van der Waals surface area (Å²) in [7, 11) is 1.57. The highest BCUT2D eigenvalue weighted by atomic mass is 19.4. The molecule has 1 saturated heterocycles. The highest BCUT2D eigenvalue weighted by molar-refractivity contribution is 6.22. The molecule has 5 rings (SSSR count). The van der Waals surface area contributed by atoms with Gasteiger partial charge >= 0.3 is 6.36 Å². The Bertz CT molecular complexity index is 1610. The Morgan fingerprint density at radius 2 is 1.81 bits per heavy atom. The predicted molar refractivity (Wildman–Crippen MR) is 152 cm³/mol. The first-order valence-electron chi connectivity index (χ1n) is 13.2. The van der Waals surface area contributed by atoms with Gasteiger partial charge in [0.1, 0.15) is 17.8 Å². The molecule has 1 aliphatic rings. The Kier molecular flexibility index (Phi) is 8.59. The molecule has 224 valence electrons. The summed E-state index contributed by atoms with van der Waals surface area (Å²) in [5.74, 6) is 0.860. The molecular formula is C29H28F3N7O4. The highest BCUT2D eigenvalue weighted by Gasteiger charge is 2.31. The first-order valence-corrected chi connectivity index (χ1v) is 13.2. The second kappa shape index (κ2) is 12.5. The van der Waals surface area contributed by atoms with Crippen LogP contribution in [0, 0.1) is 6.92 Å². The maximum Gasteiger partial charge on any atom is 0.573 e. The maximum absolute atomic E-state index is 12.5. The van der Waals surface area contributed by atoms with Crippen molar-refractivity contribution in [2.45, 2.75) is 26.1 Å². The Morgan fingerprint density at radius 3 is 2.49 bits per heavy atom. The molecule has 1 unspecified atom stereocenters. The second-order valence-electron chi connectivity index (χ2n) is 9.52. The number of anilines is 1. The number of nitrogens with zero attached hydrogens (tertiary/aromatic N) is 5. The van der Waals surface area contributed by atoms with Crippen LogP contribution in [-0.4, -0.2) is 64.7 Å². The fraction of sp³-hybridized carbons (Fsp3) is 0.241. The minimum absolute atomic E-state index is 0.0691. The van der Waals surface area contributed by atoms with Crippen LogP contribution >= 0.6 is 0 Å². The van der Waals surface area contributed by atoms with Gasteiger partial charge in [0.05, 0.1) is 25.0 Å². The predicted octanol–water partition coefficient (Wildman–Crippen LogP) is 3.55. The van der Waals surface area contributed by atoms with Crippen molar-refractivity contribution in [1.29, 1.82) is 0 Å². The summed E-state index contributed by atoms with van der Waals surface area (Å²) in [6.45, 7) is 2.34. The van der Waals surface area contributed by atoms with Crippen molar-refractivity contribution in [3.8, 4) is 28.6 Å². The minimum atomic E-state index is -4.76. The molecule has 0 spiro atoms. The third-order valence-electron chi connectivity index (χ3n) is 6.53. The summed E-state index contributed by atoms with van der Waals surface area (Å²) in [5.41, 5.74) is 3.74. The van der Waals surface area contributed by atoms with Gasteiger partial charge in [-0.05, 0) is 66.9 Å². The van der Waals surface area contributed by atoms with E-state index in [1.54, 1.807) is 19.2 Å². The van der Waals surface area contributed by atoms with Crippen LogP contribution in [0.4, 0.5) is 18.9 Å². The maximum atomic E-state index is 12.5. The molecule has 43 heavy (non-hydrogen) atoms. The molecule has 1 amide bonds. The van der Waals surface area contributed by atoms with Crippen molar-refractivity contribution >= 4 is 17.6 Å². The lowest BCUT2D eigenvalue weighted by molar-refractivity contribution is -0.274. The SMILES string of the molecule is COc1ccc(N2C(=O)CN/C2=N\C(O)NCCc2ccc(-c3ncn(-c4ccc(OC(F)(F)F)cc4)n3)cc2)c(C)c1. The summed E-state index contributed by atoms with van der Waals surface area (Å²) in [5, 5.41) is 20.7. The van der Waals surface area contributed by atoms with E-state index in [2.05, 4.69) is 30.4 Å². The van der Waals surface area contributed by atoms with Crippen molar-refractivity contribution in [1.82, 2.24) is 25.4 Å². The normalized spacial score (nSPS) is 15.1. The lowest BCUT2D eigenvalue weighted by Crippen LogP contribution is -2.37. The molecule has 1 fully saturated rings. The van der Waals surface area contributed by atoms with E-state index >= 15 is 0 Å². The number of rotatable bonds is 10. The molecule has 14 heteroatoms. The summed E-state index contributed by atoms with van der Waals surface area (Å²) in [4.78, 5) is 22.5. The number of aliphatic imine (C=N–C) groups is 1. The monoisotopic (exact) mass is 595 g/mol. The van der Waals surface area contributed by atoms with E-state index in [-0.39, 0.29) is 24.2 Å². The Balaban J connectivity index is 1.15. The molecule has 11 nitrogen and oxygen atoms in total. The average Bonchev–Trinajstić information content (AvgIpc) is 3.60. The van der Waals surface area contributed by atoms with Gasteiger partial charge in [-0.15, -0.1) is 18.3 Å². The van der Waals surface area contributed by atoms with E-state index in [4.69, 9.17) is 4.74 Å². The molecule has 1 atom stereocenters. The number of nitrogens with one attached hydrogen (secondary N) is 2.